The smallest absolute Gasteiger partial charge is 0.153 e. The highest BCUT2D eigenvalue weighted by Gasteiger charge is 2.08. The van der Waals surface area contributed by atoms with Gasteiger partial charge in [0, 0.05) is 16.0 Å². The van der Waals surface area contributed by atoms with Crippen molar-refractivity contribution in [3.05, 3.63) is 53.1 Å². The monoisotopic (exact) mass is 278 g/mol. The summed E-state index contributed by atoms with van der Waals surface area (Å²) in [6, 6.07) is 12.6. The van der Waals surface area contributed by atoms with E-state index >= 15 is 0 Å². The lowest BCUT2D eigenvalue weighted by Crippen LogP contribution is -1.91. The van der Waals surface area contributed by atoms with E-state index in [1.54, 1.807) is 30.0 Å². The van der Waals surface area contributed by atoms with Crippen LogP contribution in [0.15, 0.2) is 47.4 Å². The second-order valence-corrected chi connectivity index (χ2v) is 4.84. The second-order valence-electron chi connectivity index (χ2n) is 3.55. The van der Waals surface area contributed by atoms with Crippen LogP contribution in [0, 0.1) is 0 Å². The molecule has 0 spiro atoms. The molecule has 0 aliphatic rings. The summed E-state index contributed by atoms with van der Waals surface area (Å²) in [6.07, 6.45) is 2.73. The van der Waals surface area contributed by atoms with E-state index in [-0.39, 0.29) is 0 Å². The summed E-state index contributed by atoms with van der Waals surface area (Å²) in [5.41, 5.74) is 0.482. The van der Waals surface area contributed by atoms with Crippen molar-refractivity contribution in [2.45, 2.75) is 4.90 Å². The Labute approximate surface area is 115 Å². The first-order valence-corrected chi connectivity index (χ1v) is 6.90. The van der Waals surface area contributed by atoms with Crippen LogP contribution in [0.1, 0.15) is 10.4 Å². The van der Waals surface area contributed by atoms with Gasteiger partial charge in [-0.15, -0.1) is 11.8 Å². The van der Waals surface area contributed by atoms with Crippen LogP contribution in [0.2, 0.25) is 5.02 Å². The largest absolute Gasteiger partial charge is 0.455 e. The number of carbonyl (C=O) groups excluding carboxylic acids is 1. The molecule has 2 aromatic carbocycles. The van der Waals surface area contributed by atoms with Crippen molar-refractivity contribution in [3.8, 4) is 11.5 Å². The van der Waals surface area contributed by atoms with Crippen molar-refractivity contribution in [3.63, 3.8) is 0 Å². The molecule has 0 amide bonds. The van der Waals surface area contributed by atoms with E-state index in [1.807, 2.05) is 30.5 Å². The number of halogens is 1. The van der Waals surface area contributed by atoms with E-state index in [1.165, 1.54) is 0 Å². The number of para-hydroxylation sites is 1. The number of ether oxygens (including phenoxy) is 1. The van der Waals surface area contributed by atoms with Crippen molar-refractivity contribution < 1.29 is 9.53 Å². The Hall–Kier alpha value is -1.45. The van der Waals surface area contributed by atoms with Gasteiger partial charge in [0.1, 0.15) is 11.5 Å². The first-order chi connectivity index (χ1) is 8.74. The highest BCUT2D eigenvalue weighted by molar-refractivity contribution is 7.98. The van der Waals surface area contributed by atoms with Gasteiger partial charge >= 0.3 is 0 Å². The third-order valence-electron chi connectivity index (χ3n) is 2.39. The molecule has 0 saturated heterocycles. The number of thioether (sulfide) groups is 1. The number of aldehydes is 1. The molecular formula is C14H11ClO2S. The Morgan fingerprint density at radius 1 is 1.17 bits per heavy atom. The average Bonchev–Trinajstić information content (AvgIpc) is 2.40. The zero-order valence-corrected chi connectivity index (χ0v) is 11.3. The van der Waals surface area contributed by atoms with Gasteiger partial charge < -0.3 is 4.74 Å². The molecule has 0 aromatic heterocycles. The molecule has 2 aromatic rings. The quantitative estimate of drug-likeness (QED) is 0.601. The molecule has 2 rings (SSSR count). The van der Waals surface area contributed by atoms with E-state index < -0.39 is 0 Å². The fraction of sp³-hybridized carbons (Fsp3) is 0.0714. The van der Waals surface area contributed by atoms with Crippen molar-refractivity contribution in [2.24, 2.45) is 0 Å². The molecule has 0 atom stereocenters. The minimum absolute atomic E-state index is 0.471. The van der Waals surface area contributed by atoms with Gasteiger partial charge in [0.05, 0.1) is 5.56 Å². The van der Waals surface area contributed by atoms with Crippen molar-refractivity contribution >= 4 is 29.6 Å². The van der Waals surface area contributed by atoms with Crippen molar-refractivity contribution in [2.75, 3.05) is 6.26 Å². The summed E-state index contributed by atoms with van der Waals surface area (Å²) >= 11 is 7.50. The molecule has 92 valence electrons. The van der Waals surface area contributed by atoms with Crippen LogP contribution in [-0.4, -0.2) is 12.5 Å². The maximum Gasteiger partial charge on any atom is 0.153 e. The Kier molecular flexibility index (Phi) is 4.28. The lowest BCUT2D eigenvalue weighted by atomic mass is 10.2. The fourth-order valence-electron chi connectivity index (χ4n) is 1.52. The molecule has 2 nitrogen and oxygen atoms in total. The summed E-state index contributed by atoms with van der Waals surface area (Å²) in [5.74, 6) is 1.19. The van der Waals surface area contributed by atoms with E-state index in [9.17, 15) is 4.79 Å². The number of hydrogen-bond acceptors (Lipinski definition) is 3. The Morgan fingerprint density at radius 2 is 1.94 bits per heavy atom. The van der Waals surface area contributed by atoms with Gasteiger partial charge in [0.2, 0.25) is 0 Å². The standard InChI is InChI=1S/C14H11ClO2S/c1-18-14-5-3-2-4-12(14)17-13-8-11(15)7-6-10(13)9-16/h2-9H,1H3. The number of rotatable bonds is 4. The third-order valence-corrected chi connectivity index (χ3v) is 3.40. The van der Waals surface area contributed by atoms with Crippen LogP contribution in [0.4, 0.5) is 0 Å². The van der Waals surface area contributed by atoms with Crippen LogP contribution >= 0.6 is 23.4 Å². The molecule has 0 aliphatic heterocycles. The highest BCUT2D eigenvalue weighted by Crippen LogP contribution is 2.33. The van der Waals surface area contributed by atoms with Gasteiger partial charge in [-0.3, -0.25) is 4.79 Å². The first kappa shape index (κ1) is 13.0. The van der Waals surface area contributed by atoms with Crippen LogP contribution in [0.25, 0.3) is 0 Å². The van der Waals surface area contributed by atoms with Gasteiger partial charge in [-0.1, -0.05) is 23.7 Å². The normalized spacial score (nSPS) is 10.1. The minimum atomic E-state index is 0.471. The molecule has 0 saturated carbocycles. The Balaban J connectivity index is 2.39. The second kappa shape index (κ2) is 5.94. The van der Waals surface area contributed by atoms with E-state index in [0.29, 0.717) is 16.3 Å². The topological polar surface area (TPSA) is 26.3 Å². The number of hydrogen-bond donors (Lipinski definition) is 0. The molecule has 0 unspecified atom stereocenters. The third kappa shape index (κ3) is 2.86. The predicted octanol–water partition coefficient (Wildman–Crippen LogP) is 4.67. The molecule has 0 radical (unpaired) electrons. The van der Waals surface area contributed by atoms with Crippen LogP contribution < -0.4 is 4.74 Å². The first-order valence-electron chi connectivity index (χ1n) is 5.30. The maximum atomic E-state index is 11.0. The molecule has 0 bridgehead atoms. The minimum Gasteiger partial charge on any atom is -0.455 e. The fourth-order valence-corrected chi connectivity index (χ4v) is 2.20. The summed E-state index contributed by atoms with van der Waals surface area (Å²) in [6.45, 7) is 0. The molecule has 18 heavy (non-hydrogen) atoms. The molecule has 0 aliphatic carbocycles. The van der Waals surface area contributed by atoms with Crippen molar-refractivity contribution in [1.29, 1.82) is 0 Å². The van der Waals surface area contributed by atoms with Gasteiger partial charge in [-0.25, -0.2) is 0 Å². The summed E-state index contributed by atoms with van der Waals surface area (Å²) in [5, 5.41) is 0.539. The maximum absolute atomic E-state index is 11.0. The predicted molar refractivity (Wildman–Crippen MR) is 75.1 cm³/mol. The van der Waals surface area contributed by atoms with Crippen LogP contribution in [0.3, 0.4) is 0 Å². The van der Waals surface area contributed by atoms with Gasteiger partial charge in [-0.05, 0) is 30.5 Å². The Bertz CT molecular complexity index is 569. The van der Waals surface area contributed by atoms with Gasteiger partial charge in [0.25, 0.3) is 0 Å². The van der Waals surface area contributed by atoms with Gasteiger partial charge in [-0.2, -0.15) is 0 Å². The molecule has 0 fully saturated rings. The summed E-state index contributed by atoms with van der Waals surface area (Å²) in [4.78, 5) is 12.0. The summed E-state index contributed by atoms with van der Waals surface area (Å²) in [7, 11) is 0. The molecule has 4 heteroatoms. The zero-order valence-electron chi connectivity index (χ0n) is 9.72. The Morgan fingerprint density at radius 3 is 2.67 bits per heavy atom. The lowest BCUT2D eigenvalue weighted by Gasteiger charge is -2.11. The van der Waals surface area contributed by atoms with Crippen LogP contribution in [-0.2, 0) is 0 Å². The van der Waals surface area contributed by atoms with E-state index in [4.69, 9.17) is 16.3 Å². The zero-order chi connectivity index (χ0) is 13.0. The highest BCUT2D eigenvalue weighted by atomic mass is 35.5. The molecule has 0 N–H and O–H groups in total. The number of benzene rings is 2. The average molecular weight is 279 g/mol. The van der Waals surface area contributed by atoms with E-state index in [0.717, 1.165) is 16.9 Å². The SMILES string of the molecule is CSc1ccccc1Oc1cc(Cl)ccc1C=O. The van der Waals surface area contributed by atoms with Gasteiger partial charge in [0.15, 0.2) is 6.29 Å². The van der Waals surface area contributed by atoms with Crippen LogP contribution in [0.5, 0.6) is 11.5 Å². The van der Waals surface area contributed by atoms with E-state index in [2.05, 4.69) is 0 Å². The summed E-state index contributed by atoms with van der Waals surface area (Å²) < 4.78 is 5.77. The lowest BCUT2D eigenvalue weighted by molar-refractivity contribution is 0.112. The number of carbonyl (C=O) groups is 1. The molecular weight excluding hydrogens is 268 g/mol. The molecule has 0 heterocycles. The van der Waals surface area contributed by atoms with Crippen molar-refractivity contribution in [1.82, 2.24) is 0 Å².